The lowest BCUT2D eigenvalue weighted by Gasteiger charge is -2.04. The molecule has 2 rings (SSSR count). The van der Waals surface area contributed by atoms with E-state index in [4.69, 9.17) is 25.6 Å². The topological polar surface area (TPSA) is 74.5 Å². The van der Waals surface area contributed by atoms with Gasteiger partial charge in [-0.2, -0.15) is 4.98 Å². The third kappa shape index (κ3) is 3.27. The van der Waals surface area contributed by atoms with Crippen molar-refractivity contribution in [3.63, 3.8) is 0 Å². The average Bonchev–Trinajstić information content (AvgIpc) is 2.87. The van der Waals surface area contributed by atoms with Gasteiger partial charge < -0.3 is 14.0 Å². The summed E-state index contributed by atoms with van der Waals surface area (Å²) in [5, 5.41) is 4.36. The summed E-state index contributed by atoms with van der Waals surface area (Å²) in [6.45, 7) is 2.04. The highest BCUT2D eigenvalue weighted by atomic mass is 35.5. The molecule has 20 heavy (non-hydrogen) atoms. The van der Waals surface area contributed by atoms with Crippen LogP contribution in [0.25, 0.3) is 11.4 Å². The molecular formula is C13H13ClN2O4. The first kappa shape index (κ1) is 14.3. The zero-order valence-corrected chi connectivity index (χ0v) is 11.8. The number of hydrogen-bond donors (Lipinski definition) is 0. The summed E-state index contributed by atoms with van der Waals surface area (Å²) in [5.74, 6) is 0.639. The highest BCUT2D eigenvalue weighted by molar-refractivity contribution is 6.30. The molecule has 1 aromatic heterocycles. The molecule has 7 heteroatoms. The summed E-state index contributed by atoms with van der Waals surface area (Å²) in [6, 6.07) is 5.07. The zero-order chi connectivity index (χ0) is 14.5. The molecule has 0 N–H and O–H groups in total. The smallest absolute Gasteiger partial charge is 0.315 e. The molecule has 0 bridgehead atoms. The molecule has 0 aliphatic carbocycles. The Morgan fingerprint density at radius 1 is 1.45 bits per heavy atom. The van der Waals surface area contributed by atoms with Crippen LogP contribution in [0.3, 0.4) is 0 Å². The lowest BCUT2D eigenvalue weighted by molar-refractivity contribution is -0.142. The van der Waals surface area contributed by atoms with Gasteiger partial charge in [-0.05, 0) is 25.1 Å². The summed E-state index contributed by atoms with van der Waals surface area (Å²) in [5.41, 5.74) is 0.635. The molecule has 0 spiro atoms. The molecular weight excluding hydrogens is 284 g/mol. The average molecular weight is 297 g/mol. The quantitative estimate of drug-likeness (QED) is 0.789. The minimum Gasteiger partial charge on any atom is -0.496 e. The van der Waals surface area contributed by atoms with Crippen molar-refractivity contribution in [1.29, 1.82) is 0 Å². The standard InChI is InChI=1S/C13H13ClN2O4/c1-3-19-12(17)7-11-15-13(16-20-11)9-5-4-8(14)6-10(9)18-2/h4-6H,3,7H2,1-2H3. The van der Waals surface area contributed by atoms with E-state index in [2.05, 4.69) is 10.1 Å². The Morgan fingerprint density at radius 2 is 2.25 bits per heavy atom. The molecule has 2 aromatic rings. The molecule has 0 aliphatic heterocycles. The van der Waals surface area contributed by atoms with Crippen molar-refractivity contribution in [2.45, 2.75) is 13.3 Å². The van der Waals surface area contributed by atoms with Gasteiger partial charge in [0, 0.05) is 5.02 Å². The third-order valence-corrected chi connectivity index (χ3v) is 2.71. The lowest BCUT2D eigenvalue weighted by Crippen LogP contribution is -2.07. The number of hydrogen-bond acceptors (Lipinski definition) is 6. The summed E-state index contributed by atoms with van der Waals surface area (Å²) < 4.78 is 15.0. The highest BCUT2D eigenvalue weighted by Gasteiger charge is 2.16. The van der Waals surface area contributed by atoms with Gasteiger partial charge in [0.25, 0.3) is 0 Å². The van der Waals surface area contributed by atoms with Gasteiger partial charge in [-0.1, -0.05) is 16.8 Å². The monoisotopic (exact) mass is 296 g/mol. The van der Waals surface area contributed by atoms with E-state index in [1.54, 1.807) is 25.1 Å². The highest BCUT2D eigenvalue weighted by Crippen LogP contribution is 2.30. The Kier molecular flexibility index (Phi) is 4.57. The summed E-state index contributed by atoms with van der Waals surface area (Å²) in [7, 11) is 1.52. The van der Waals surface area contributed by atoms with E-state index >= 15 is 0 Å². The van der Waals surface area contributed by atoms with Crippen LogP contribution in [0, 0.1) is 0 Å². The van der Waals surface area contributed by atoms with Gasteiger partial charge in [0.15, 0.2) is 0 Å². The number of ether oxygens (including phenoxy) is 2. The minimum atomic E-state index is -0.411. The first-order valence-corrected chi connectivity index (χ1v) is 6.34. The lowest BCUT2D eigenvalue weighted by atomic mass is 10.2. The fourth-order valence-corrected chi connectivity index (χ4v) is 1.78. The first-order valence-electron chi connectivity index (χ1n) is 5.96. The Balaban J connectivity index is 2.22. The predicted molar refractivity (Wildman–Crippen MR) is 71.6 cm³/mol. The molecule has 0 saturated carbocycles. The molecule has 0 fully saturated rings. The van der Waals surface area contributed by atoms with Crippen LogP contribution < -0.4 is 4.74 Å². The molecule has 0 saturated heterocycles. The molecule has 0 radical (unpaired) electrons. The number of aromatic nitrogens is 2. The van der Waals surface area contributed by atoms with E-state index in [0.29, 0.717) is 28.8 Å². The fourth-order valence-electron chi connectivity index (χ4n) is 1.62. The van der Waals surface area contributed by atoms with Crippen molar-refractivity contribution in [3.05, 3.63) is 29.1 Å². The largest absolute Gasteiger partial charge is 0.496 e. The number of methoxy groups -OCH3 is 1. The Hall–Kier alpha value is -2.08. The van der Waals surface area contributed by atoms with Crippen LogP contribution in [0.5, 0.6) is 5.75 Å². The summed E-state index contributed by atoms with van der Waals surface area (Å²) in [4.78, 5) is 15.5. The number of carbonyl (C=O) groups is 1. The zero-order valence-electron chi connectivity index (χ0n) is 11.1. The molecule has 0 aliphatic rings. The number of halogens is 1. The minimum absolute atomic E-state index is 0.0588. The molecule has 6 nitrogen and oxygen atoms in total. The molecule has 0 atom stereocenters. The van der Waals surface area contributed by atoms with Gasteiger partial charge in [-0.3, -0.25) is 4.79 Å². The van der Waals surface area contributed by atoms with Crippen LogP contribution in [-0.4, -0.2) is 29.8 Å². The van der Waals surface area contributed by atoms with Gasteiger partial charge in [0.1, 0.15) is 12.2 Å². The van der Waals surface area contributed by atoms with Crippen molar-refractivity contribution >= 4 is 17.6 Å². The number of esters is 1. The van der Waals surface area contributed by atoms with E-state index in [9.17, 15) is 4.79 Å². The van der Waals surface area contributed by atoms with Crippen LogP contribution >= 0.6 is 11.6 Å². The van der Waals surface area contributed by atoms with E-state index in [1.165, 1.54) is 7.11 Å². The molecule has 1 aromatic carbocycles. The summed E-state index contributed by atoms with van der Waals surface area (Å²) in [6.07, 6.45) is -0.0588. The first-order chi connectivity index (χ1) is 9.63. The second-order valence-electron chi connectivity index (χ2n) is 3.84. The van der Waals surface area contributed by atoms with Crippen LogP contribution in [-0.2, 0) is 16.0 Å². The predicted octanol–water partition coefficient (Wildman–Crippen LogP) is 2.50. The maximum Gasteiger partial charge on any atom is 0.315 e. The van der Waals surface area contributed by atoms with Gasteiger partial charge in [0.2, 0.25) is 11.7 Å². The van der Waals surface area contributed by atoms with Crippen LogP contribution in [0.4, 0.5) is 0 Å². The van der Waals surface area contributed by atoms with Crippen LogP contribution in [0.1, 0.15) is 12.8 Å². The maximum absolute atomic E-state index is 11.3. The van der Waals surface area contributed by atoms with Gasteiger partial charge >= 0.3 is 5.97 Å². The summed E-state index contributed by atoms with van der Waals surface area (Å²) >= 11 is 5.89. The fraction of sp³-hybridized carbons (Fsp3) is 0.308. The Morgan fingerprint density at radius 3 is 2.95 bits per heavy atom. The van der Waals surface area contributed by atoms with Crippen molar-refractivity contribution < 1.29 is 18.8 Å². The van der Waals surface area contributed by atoms with Crippen LogP contribution in [0.2, 0.25) is 5.02 Å². The number of benzene rings is 1. The molecule has 1 heterocycles. The van der Waals surface area contributed by atoms with E-state index in [1.807, 2.05) is 0 Å². The SMILES string of the molecule is CCOC(=O)Cc1nc(-c2ccc(Cl)cc2OC)no1. The second-order valence-corrected chi connectivity index (χ2v) is 4.27. The maximum atomic E-state index is 11.3. The van der Waals surface area contributed by atoms with E-state index < -0.39 is 5.97 Å². The Labute approximate surface area is 120 Å². The van der Waals surface area contributed by atoms with Crippen molar-refractivity contribution in [1.82, 2.24) is 10.1 Å². The van der Waals surface area contributed by atoms with E-state index in [0.717, 1.165) is 0 Å². The van der Waals surface area contributed by atoms with Crippen molar-refractivity contribution in [2.24, 2.45) is 0 Å². The molecule has 106 valence electrons. The Bertz CT molecular complexity index is 612. The number of nitrogens with zero attached hydrogens (tertiary/aromatic N) is 2. The number of carbonyl (C=O) groups excluding carboxylic acids is 1. The van der Waals surface area contributed by atoms with Gasteiger partial charge in [-0.25, -0.2) is 0 Å². The van der Waals surface area contributed by atoms with Crippen molar-refractivity contribution in [2.75, 3.05) is 13.7 Å². The van der Waals surface area contributed by atoms with Crippen molar-refractivity contribution in [3.8, 4) is 17.1 Å². The normalized spacial score (nSPS) is 10.3. The molecule has 0 amide bonds. The van der Waals surface area contributed by atoms with Crippen LogP contribution in [0.15, 0.2) is 22.7 Å². The van der Waals surface area contributed by atoms with E-state index in [-0.39, 0.29) is 12.3 Å². The third-order valence-electron chi connectivity index (χ3n) is 2.47. The molecule has 0 unspecified atom stereocenters. The second kappa shape index (κ2) is 6.38. The number of rotatable bonds is 5. The van der Waals surface area contributed by atoms with Gasteiger partial charge in [-0.15, -0.1) is 0 Å². The van der Waals surface area contributed by atoms with Gasteiger partial charge in [0.05, 0.1) is 19.3 Å².